The van der Waals surface area contributed by atoms with Crippen molar-refractivity contribution in [2.24, 2.45) is 23.7 Å². The number of nitrogens with zero attached hydrogens (tertiary/aromatic N) is 3. The third-order valence-electron chi connectivity index (χ3n) is 15.0. The standard InChI is InChI=1S/C59H50N3OP/c1-64(2,63)55-52-22-11-9-20-50(52)54(51-21-10-12-23-53(51)55)41-24-28-46(29-25-41)59(48-33-38-32-39(35-48)36-49(59)34-38)47-30-26-43(27-31-47)57-60-56(42-16-7-4-8-17-42)61-58(62-57)45-19-13-18-44(37-45)40-14-5-3-6-15-40/h3-31,37-39,48-49H,32-36H2,1-2H3. The maximum atomic E-state index is 13.9. The van der Waals surface area contributed by atoms with Crippen LogP contribution in [0.2, 0.25) is 0 Å². The summed E-state index contributed by atoms with van der Waals surface area (Å²) in [6, 6.07) is 65.4. The molecule has 1 heterocycles. The van der Waals surface area contributed by atoms with Crippen LogP contribution in [0.25, 0.3) is 78.0 Å². The van der Waals surface area contributed by atoms with Crippen LogP contribution in [0.15, 0.2) is 182 Å². The molecular weight excluding hydrogens is 798 g/mol. The van der Waals surface area contributed by atoms with E-state index in [0.717, 1.165) is 66.5 Å². The van der Waals surface area contributed by atoms with E-state index in [0.29, 0.717) is 29.3 Å². The van der Waals surface area contributed by atoms with Crippen molar-refractivity contribution in [3.63, 3.8) is 0 Å². The van der Waals surface area contributed by atoms with Crippen LogP contribution in [0.1, 0.15) is 43.2 Å². The van der Waals surface area contributed by atoms with Gasteiger partial charge in [0.15, 0.2) is 17.5 Å². The van der Waals surface area contributed by atoms with Gasteiger partial charge in [-0.25, -0.2) is 15.0 Å². The van der Waals surface area contributed by atoms with Crippen molar-refractivity contribution in [3.05, 3.63) is 193 Å². The zero-order valence-corrected chi connectivity index (χ0v) is 37.3. The van der Waals surface area contributed by atoms with Gasteiger partial charge in [0.1, 0.15) is 7.14 Å². The van der Waals surface area contributed by atoms with Crippen LogP contribution in [-0.4, -0.2) is 28.3 Å². The highest BCUT2D eigenvalue weighted by molar-refractivity contribution is 7.71. The Morgan fingerprint density at radius 3 is 1.33 bits per heavy atom. The molecule has 0 amide bonds. The van der Waals surface area contributed by atoms with E-state index in [9.17, 15) is 4.57 Å². The second-order valence-corrected chi connectivity index (χ2v) is 22.3. The highest BCUT2D eigenvalue weighted by Gasteiger charge is 2.58. The molecule has 13 rings (SSSR count). The van der Waals surface area contributed by atoms with Gasteiger partial charge in [-0.15, -0.1) is 0 Å². The molecule has 0 unspecified atom stereocenters. The van der Waals surface area contributed by atoms with E-state index < -0.39 is 7.14 Å². The predicted octanol–water partition coefficient (Wildman–Crippen LogP) is 14.5. The van der Waals surface area contributed by atoms with Gasteiger partial charge in [-0.1, -0.05) is 176 Å². The van der Waals surface area contributed by atoms with Crippen LogP contribution in [0.4, 0.5) is 0 Å². The average Bonchev–Trinajstić information content (AvgIpc) is 3.33. The fraction of sp³-hybridized carbons (Fsp3) is 0.203. The molecule has 4 aliphatic rings. The van der Waals surface area contributed by atoms with E-state index in [4.69, 9.17) is 15.0 Å². The summed E-state index contributed by atoms with van der Waals surface area (Å²) in [5, 5.41) is 5.49. The summed E-state index contributed by atoms with van der Waals surface area (Å²) in [6.07, 6.45) is 6.57. The van der Waals surface area contributed by atoms with Crippen molar-refractivity contribution in [2.75, 3.05) is 13.3 Å². The third kappa shape index (κ3) is 6.49. The van der Waals surface area contributed by atoms with Gasteiger partial charge in [0, 0.05) is 27.4 Å². The molecule has 9 aromatic rings. The predicted molar refractivity (Wildman–Crippen MR) is 265 cm³/mol. The van der Waals surface area contributed by atoms with E-state index in [2.05, 4.69) is 158 Å². The Bertz CT molecular complexity index is 3180. The molecule has 0 radical (unpaired) electrons. The summed E-state index contributed by atoms with van der Waals surface area (Å²) >= 11 is 0. The minimum absolute atomic E-state index is 0.0765. The van der Waals surface area contributed by atoms with Gasteiger partial charge in [-0.3, -0.25) is 0 Å². The molecule has 4 bridgehead atoms. The minimum Gasteiger partial charge on any atom is -0.319 e. The van der Waals surface area contributed by atoms with E-state index in [-0.39, 0.29) is 5.41 Å². The zero-order chi connectivity index (χ0) is 43.0. The van der Waals surface area contributed by atoms with Crippen LogP contribution in [0.3, 0.4) is 0 Å². The second kappa shape index (κ2) is 15.4. The van der Waals surface area contributed by atoms with Crippen molar-refractivity contribution in [1.82, 2.24) is 15.0 Å². The Hall–Kier alpha value is -6.48. The largest absolute Gasteiger partial charge is 0.319 e. The summed E-state index contributed by atoms with van der Waals surface area (Å²) < 4.78 is 13.9. The summed E-state index contributed by atoms with van der Waals surface area (Å²) in [7, 11) is -2.58. The fourth-order valence-corrected chi connectivity index (χ4v) is 14.2. The highest BCUT2D eigenvalue weighted by Crippen LogP contribution is 2.65. The maximum Gasteiger partial charge on any atom is 0.164 e. The SMILES string of the molecule is CP(C)(=O)c1c2ccccc2c(-c2ccc(C3(c4ccc(-c5nc(-c6ccccc6)nc(-c6cccc(-c7ccccc7)c6)n5)cc4)C4CC5CC(C4)CC3C5)cc2)c2ccccc12. The molecule has 1 aromatic heterocycles. The van der Waals surface area contributed by atoms with Crippen LogP contribution >= 0.6 is 7.14 Å². The summed E-state index contributed by atoms with van der Waals surface area (Å²) in [4.78, 5) is 15.4. The Morgan fingerprint density at radius 2 is 0.812 bits per heavy atom. The van der Waals surface area contributed by atoms with Crippen LogP contribution in [0.5, 0.6) is 0 Å². The van der Waals surface area contributed by atoms with Crippen LogP contribution in [0, 0.1) is 23.7 Å². The lowest BCUT2D eigenvalue weighted by molar-refractivity contribution is -0.0418. The van der Waals surface area contributed by atoms with Gasteiger partial charge in [-0.05, 0) is 130 Å². The fourth-order valence-electron chi connectivity index (χ4n) is 12.7. The maximum absolute atomic E-state index is 13.9. The Morgan fingerprint density at radius 1 is 0.406 bits per heavy atom. The van der Waals surface area contributed by atoms with Crippen molar-refractivity contribution < 1.29 is 4.57 Å². The molecule has 8 aromatic carbocycles. The lowest BCUT2D eigenvalue weighted by atomic mass is 9.42. The van der Waals surface area contributed by atoms with Gasteiger partial charge in [0.05, 0.1) is 0 Å². The number of hydrogen-bond acceptors (Lipinski definition) is 4. The first kappa shape index (κ1) is 39.1. The van der Waals surface area contributed by atoms with Crippen molar-refractivity contribution in [1.29, 1.82) is 0 Å². The molecule has 0 atom stereocenters. The molecule has 4 nitrogen and oxygen atoms in total. The average molecular weight is 848 g/mol. The van der Waals surface area contributed by atoms with Crippen LogP contribution in [-0.2, 0) is 9.98 Å². The third-order valence-corrected chi connectivity index (χ3v) is 16.6. The topological polar surface area (TPSA) is 55.7 Å². The van der Waals surface area contributed by atoms with E-state index >= 15 is 0 Å². The lowest BCUT2D eigenvalue weighted by Crippen LogP contribution is -2.56. The number of benzene rings is 8. The molecule has 0 N–H and O–H groups in total. The molecule has 0 spiro atoms. The highest BCUT2D eigenvalue weighted by atomic mass is 31.2. The van der Waals surface area contributed by atoms with Gasteiger partial charge in [0.2, 0.25) is 0 Å². The van der Waals surface area contributed by atoms with Crippen molar-refractivity contribution in [3.8, 4) is 56.4 Å². The molecule has 0 aliphatic heterocycles. The molecular formula is C59H50N3OP. The molecule has 4 aliphatic carbocycles. The lowest BCUT2D eigenvalue weighted by Gasteiger charge is -2.62. The Labute approximate surface area is 375 Å². The van der Waals surface area contributed by atoms with Gasteiger partial charge in [0.25, 0.3) is 0 Å². The first-order chi connectivity index (χ1) is 31.3. The number of rotatable bonds is 8. The molecule has 4 fully saturated rings. The quantitative estimate of drug-likeness (QED) is 0.113. The monoisotopic (exact) mass is 847 g/mol. The molecule has 5 heteroatoms. The van der Waals surface area contributed by atoms with Gasteiger partial charge >= 0.3 is 0 Å². The summed E-state index contributed by atoms with van der Waals surface area (Å²) in [6.45, 7) is 3.81. The minimum atomic E-state index is -2.58. The zero-order valence-electron chi connectivity index (χ0n) is 36.4. The molecule has 0 saturated heterocycles. The normalized spacial score (nSPS) is 21.4. The first-order valence-electron chi connectivity index (χ1n) is 23.0. The van der Waals surface area contributed by atoms with E-state index in [1.165, 1.54) is 54.4 Å². The Balaban J connectivity index is 0.970. The second-order valence-electron chi connectivity index (χ2n) is 19.1. The number of aromatic nitrogens is 3. The van der Waals surface area contributed by atoms with E-state index in [1.807, 2.05) is 37.6 Å². The molecule has 64 heavy (non-hydrogen) atoms. The van der Waals surface area contributed by atoms with Crippen molar-refractivity contribution >= 4 is 34.0 Å². The summed E-state index contributed by atoms with van der Waals surface area (Å²) in [5.74, 6) is 4.86. The first-order valence-corrected chi connectivity index (χ1v) is 25.6. The molecule has 4 saturated carbocycles. The van der Waals surface area contributed by atoms with Crippen molar-refractivity contribution in [2.45, 2.75) is 37.5 Å². The Kier molecular flexibility index (Phi) is 9.39. The van der Waals surface area contributed by atoms with Crippen LogP contribution < -0.4 is 5.30 Å². The molecule has 312 valence electrons. The number of hydrogen-bond donors (Lipinski definition) is 0. The van der Waals surface area contributed by atoms with E-state index in [1.54, 1.807) is 0 Å². The summed E-state index contributed by atoms with van der Waals surface area (Å²) in [5.41, 5.74) is 10.4. The van der Waals surface area contributed by atoms with Gasteiger partial charge < -0.3 is 4.57 Å². The van der Waals surface area contributed by atoms with Gasteiger partial charge in [-0.2, -0.15) is 0 Å². The number of fused-ring (bicyclic) bond motifs is 2. The smallest absolute Gasteiger partial charge is 0.164 e.